The lowest BCUT2D eigenvalue weighted by Gasteiger charge is -2.06. The zero-order valence-electron chi connectivity index (χ0n) is 15.0. The van der Waals surface area contributed by atoms with Crippen molar-refractivity contribution in [3.8, 4) is 11.3 Å². The Morgan fingerprint density at radius 3 is 2.59 bits per heavy atom. The monoisotopic (exact) mass is 385 g/mol. The van der Waals surface area contributed by atoms with Gasteiger partial charge in [-0.05, 0) is 42.5 Å². The average molecular weight is 385 g/mol. The molecule has 2 heterocycles. The van der Waals surface area contributed by atoms with Crippen LogP contribution in [0.15, 0.2) is 67.0 Å². The second-order valence-electron chi connectivity index (χ2n) is 6.30. The summed E-state index contributed by atoms with van der Waals surface area (Å²) in [6, 6.07) is 15.0. The highest BCUT2D eigenvalue weighted by Crippen LogP contribution is 2.28. The molecule has 0 spiro atoms. The number of benzene rings is 2. The molecule has 0 unspecified atom stereocenters. The Morgan fingerprint density at radius 2 is 1.83 bits per heavy atom. The number of nitrogens with two attached hydrogens (primary N) is 1. The summed E-state index contributed by atoms with van der Waals surface area (Å²) in [5.41, 5.74) is 8.41. The topological polar surface area (TPSA) is 131 Å². The number of H-pyrrole nitrogens is 1. The minimum absolute atomic E-state index is 0.207. The molecule has 0 aliphatic rings. The van der Waals surface area contributed by atoms with Gasteiger partial charge in [0.1, 0.15) is 0 Å². The lowest BCUT2D eigenvalue weighted by atomic mass is 10.0. The molecule has 4 aromatic rings. The predicted octanol–water partition coefficient (Wildman–Crippen LogP) is 2.55. The number of hydrogen-bond acceptors (Lipinski definition) is 5. The van der Waals surface area contributed by atoms with E-state index in [0.717, 1.165) is 10.9 Å². The molecule has 142 valence electrons. The third-order valence-corrected chi connectivity index (χ3v) is 4.37. The Hall–Kier alpha value is -4.33. The first-order valence-electron chi connectivity index (χ1n) is 8.67. The van der Waals surface area contributed by atoms with E-state index < -0.39 is 17.6 Å². The van der Waals surface area contributed by atoms with Gasteiger partial charge in [-0.15, -0.1) is 0 Å². The molecule has 2 aromatic heterocycles. The number of hydrogen-bond donors (Lipinski definition) is 3. The first kappa shape index (κ1) is 18.1. The first-order valence-corrected chi connectivity index (χ1v) is 8.67. The molecule has 0 saturated carbocycles. The van der Waals surface area contributed by atoms with Crippen LogP contribution >= 0.6 is 0 Å². The van der Waals surface area contributed by atoms with E-state index in [1.165, 1.54) is 18.5 Å². The third-order valence-electron chi connectivity index (χ3n) is 4.37. The van der Waals surface area contributed by atoms with Crippen LogP contribution in [0.5, 0.6) is 0 Å². The molecular weight excluding hydrogens is 370 g/mol. The van der Waals surface area contributed by atoms with Crippen LogP contribution < -0.4 is 11.1 Å². The van der Waals surface area contributed by atoms with Crippen molar-refractivity contribution in [2.75, 3.05) is 5.32 Å². The normalized spacial score (nSPS) is 10.6. The maximum atomic E-state index is 12.3. The van der Waals surface area contributed by atoms with E-state index in [2.05, 4.69) is 20.5 Å². The van der Waals surface area contributed by atoms with Gasteiger partial charge in [0.2, 0.25) is 5.91 Å². The summed E-state index contributed by atoms with van der Waals surface area (Å²) >= 11 is 0. The zero-order valence-corrected chi connectivity index (χ0v) is 15.0. The van der Waals surface area contributed by atoms with Crippen molar-refractivity contribution in [2.24, 2.45) is 5.73 Å². The van der Waals surface area contributed by atoms with Gasteiger partial charge in [-0.3, -0.25) is 24.5 Å². The van der Waals surface area contributed by atoms with Crippen molar-refractivity contribution in [2.45, 2.75) is 0 Å². The van der Waals surface area contributed by atoms with Gasteiger partial charge in [0.25, 0.3) is 11.7 Å². The second-order valence-corrected chi connectivity index (χ2v) is 6.30. The van der Waals surface area contributed by atoms with Gasteiger partial charge in [0, 0.05) is 40.2 Å². The van der Waals surface area contributed by atoms with Crippen molar-refractivity contribution in [3.05, 3.63) is 78.1 Å². The molecule has 2 aromatic carbocycles. The minimum Gasteiger partial charge on any atom is -0.366 e. The second kappa shape index (κ2) is 7.35. The lowest BCUT2D eigenvalue weighted by molar-refractivity contribution is -0.112. The number of fused-ring (bicyclic) bond motifs is 1. The van der Waals surface area contributed by atoms with E-state index in [0.29, 0.717) is 22.5 Å². The van der Waals surface area contributed by atoms with Crippen LogP contribution in [0.25, 0.3) is 22.2 Å². The Balaban J connectivity index is 1.63. The van der Waals surface area contributed by atoms with Gasteiger partial charge in [0.15, 0.2) is 0 Å². The van der Waals surface area contributed by atoms with Crippen LogP contribution in [0, 0.1) is 0 Å². The molecule has 0 bridgehead atoms. The number of carbonyl (C=O) groups excluding carboxylic acids is 3. The molecule has 0 atom stereocenters. The van der Waals surface area contributed by atoms with Crippen LogP contribution in [0.4, 0.5) is 5.69 Å². The summed E-state index contributed by atoms with van der Waals surface area (Å²) in [4.78, 5) is 39.8. The number of anilines is 1. The van der Waals surface area contributed by atoms with E-state index >= 15 is 0 Å². The highest BCUT2D eigenvalue weighted by atomic mass is 16.2. The Morgan fingerprint density at radius 1 is 0.966 bits per heavy atom. The van der Waals surface area contributed by atoms with Gasteiger partial charge < -0.3 is 11.1 Å². The predicted molar refractivity (Wildman–Crippen MR) is 107 cm³/mol. The lowest BCUT2D eigenvalue weighted by Crippen LogP contribution is -2.22. The fourth-order valence-corrected chi connectivity index (χ4v) is 2.95. The van der Waals surface area contributed by atoms with E-state index in [-0.39, 0.29) is 5.56 Å². The van der Waals surface area contributed by atoms with Gasteiger partial charge in [-0.2, -0.15) is 5.10 Å². The third kappa shape index (κ3) is 3.59. The maximum Gasteiger partial charge on any atom is 0.296 e. The highest BCUT2D eigenvalue weighted by molar-refractivity contribution is 6.46. The maximum absolute atomic E-state index is 12.3. The fraction of sp³-hybridized carbons (Fsp3) is 0. The molecule has 0 fully saturated rings. The molecule has 0 radical (unpaired) electrons. The van der Waals surface area contributed by atoms with Crippen LogP contribution in [-0.2, 0) is 4.79 Å². The van der Waals surface area contributed by atoms with Crippen molar-refractivity contribution < 1.29 is 14.4 Å². The van der Waals surface area contributed by atoms with Crippen molar-refractivity contribution in [1.82, 2.24) is 15.2 Å². The molecule has 0 aliphatic carbocycles. The number of rotatable bonds is 5. The Labute approximate surface area is 164 Å². The molecule has 2 amide bonds. The quantitative estimate of drug-likeness (QED) is 0.359. The number of nitrogens with one attached hydrogen (secondary N) is 2. The summed E-state index contributed by atoms with van der Waals surface area (Å²) in [6.45, 7) is 0. The molecular formula is C21H15N5O3. The average Bonchev–Trinajstić information content (AvgIpc) is 3.17. The Kier molecular flexibility index (Phi) is 4.58. The largest absolute Gasteiger partial charge is 0.366 e. The number of nitrogens with zero attached hydrogens (tertiary/aromatic N) is 2. The molecule has 8 nitrogen and oxygen atoms in total. The highest BCUT2D eigenvalue weighted by Gasteiger charge is 2.17. The van der Waals surface area contributed by atoms with Gasteiger partial charge in [-0.25, -0.2) is 0 Å². The fourth-order valence-electron chi connectivity index (χ4n) is 2.95. The smallest absolute Gasteiger partial charge is 0.296 e. The number of Topliss-reactive ketones (excluding diaryl/α,β-unsaturated/α-hetero) is 1. The van der Waals surface area contributed by atoms with Gasteiger partial charge in [0.05, 0.1) is 11.2 Å². The summed E-state index contributed by atoms with van der Waals surface area (Å²) in [7, 11) is 0. The number of amides is 2. The number of pyridine rings is 1. The van der Waals surface area contributed by atoms with Crippen LogP contribution in [0.1, 0.15) is 20.7 Å². The molecule has 4 N–H and O–H groups in total. The summed E-state index contributed by atoms with van der Waals surface area (Å²) in [5.74, 6) is -1.98. The van der Waals surface area contributed by atoms with E-state index in [1.807, 2.05) is 6.07 Å². The molecule has 0 saturated heterocycles. The Bertz CT molecular complexity index is 1250. The SMILES string of the molecule is NC(=O)c1ccc2[nH]nc(-c3cccc(NC(=O)C(=O)c4cccnc4)c3)c2c1. The number of carbonyl (C=O) groups is 3. The van der Waals surface area contributed by atoms with Crippen molar-refractivity contribution >= 4 is 34.2 Å². The number of primary amides is 1. The van der Waals surface area contributed by atoms with Crippen LogP contribution in [-0.4, -0.2) is 32.8 Å². The zero-order chi connectivity index (χ0) is 20.4. The molecule has 8 heteroatoms. The molecule has 4 rings (SSSR count). The molecule has 0 aliphatic heterocycles. The van der Waals surface area contributed by atoms with Crippen molar-refractivity contribution in [1.29, 1.82) is 0 Å². The van der Waals surface area contributed by atoms with E-state index in [4.69, 9.17) is 5.73 Å². The van der Waals surface area contributed by atoms with E-state index in [1.54, 1.807) is 42.5 Å². The van der Waals surface area contributed by atoms with Crippen molar-refractivity contribution in [3.63, 3.8) is 0 Å². The summed E-state index contributed by atoms with van der Waals surface area (Å²) < 4.78 is 0. The molecule has 29 heavy (non-hydrogen) atoms. The standard InChI is InChI=1S/C21H15N5O3/c22-20(28)13-6-7-17-16(10-13)18(26-25-17)12-3-1-5-15(9-12)24-21(29)19(27)14-4-2-8-23-11-14/h1-11H,(H2,22,28)(H,24,29)(H,25,26). The first-order chi connectivity index (χ1) is 14.0. The van der Waals surface area contributed by atoms with Crippen LogP contribution in [0.2, 0.25) is 0 Å². The number of aromatic nitrogens is 3. The van der Waals surface area contributed by atoms with Gasteiger partial charge >= 0.3 is 0 Å². The minimum atomic E-state index is -0.766. The summed E-state index contributed by atoms with van der Waals surface area (Å²) in [5, 5.41) is 10.5. The van der Waals surface area contributed by atoms with Gasteiger partial charge in [-0.1, -0.05) is 12.1 Å². The van der Waals surface area contributed by atoms with Crippen LogP contribution in [0.3, 0.4) is 0 Å². The number of ketones is 1. The number of aromatic amines is 1. The van der Waals surface area contributed by atoms with E-state index in [9.17, 15) is 14.4 Å². The summed E-state index contributed by atoms with van der Waals surface area (Å²) in [6.07, 6.45) is 2.86.